The topological polar surface area (TPSA) is 127 Å². The molecular formula is C32H26N6O5S. The van der Waals surface area contributed by atoms with Gasteiger partial charge in [0.15, 0.2) is 17.3 Å². The molecule has 0 aliphatic heterocycles. The molecule has 6 aromatic rings. The van der Waals surface area contributed by atoms with Crippen LogP contribution >= 0.6 is 11.3 Å². The van der Waals surface area contributed by atoms with Gasteiger partial charge in [0.1, 0.15) is 5.69 Å². The van der Waals surface area contributed by atoms with E-state index in [2.05, 4.69) is 10.1 Å². The molecule has 0 amide bonds. The van der Waals surface area contributed by atoms with Gasteiger partial charge >= 0.3 is 0 Å². The molecule has 0 N–H and O–H groups in total. The van der Waals surface area contributed by atoms with Crippen molar-refractivity contribution in [2.24, 2.45) is 0 Å². The van der Waals surface area contributed by atoms with Crippen LogP contribution in [0.15, 0.2) is 83.8 Å². The Hall–Kier alpha value is -5.62. The zero-order chi connectivity index (χ0) is 30.6. The fourth-order valence-corrected chi connectivity index (χ4v) is 5.45. The fraction of sp³-hybridized carbons (Fsp3) is 0.125. The first kappa shape index (κ1) is 28.5. The van der Waals surface area contributed by atoms with Crippen molar-refractivity contribution in [2.45, 2.75) is 13.3 Å². The minimum Gasteiger partial charge on any atom is -0.493 e. The van der Waals surface area contributed by atoms with Crippen molar-refractivity contribution >= 4 is 40.2 Å². The number of nitro benzene ring substituents is 1. The number of methoxy groups -OCH3 is 1. The van der Waals surface area contributed by atoms with E-state index in [0.29, 0.717) is 50.2 Å². The molecule has 11 nitrogen and oxygen atoms in total. The van der Waals surface area contributed by atoms with Gasteiger partial charge in [0, 0.05) is 29.5 Å². The van der Waals surface area contributed by atoms with Crippen LogP contribution in [0.1, 0.15) is 30.3 Å². The van der Waals surface area contributed by atoms with E-state index in [0.717, 1.165) is 17.7 Å². The lowest BCUT2D eigenvalue weighted by atomic mass is 10.1. The Balaban J connectivity index is 1.35. The summed E-state index contributed by atoms with van der Waals surface area (Å²) in [6.45, 7) is 2.64. The second kappa shape index (κ2) is 12.3. The molecule has 220 valence electrons. The van der Waals surface area contributed by atoms with Gasteiger partial charge in [-0.25, -0.2) is 4.68 Å². The van der Waals surface area contributed by atoms with E-state index < -0.39 is 4.92 Å². The number of hydrogen-bond acceptors (Lipinski definition) is 9. The number of thiazole rings is 1. The van der Waals surface area contributed by atoms with Crippen LogP contribution in [0.5, 0.6) is 11.5 Å². The van der Waals surface area contributed by atoms with Gasteiger partial charge in [0.2, 0.25) is 4.96 Å². The molecule has 12 heteroatoms. The van der Waals surface area contributed by atoms with Gasteiger partial charge in [0.25, 0.3) is 11.2 Å². The van der Waals surface area contributed by atoms with Crippen LogP contribution in [0, 0.1) is 10.1 Å². The summed E-state index contributed by atoms with van der Waals surface area (Å²) in [7, 11) is 1.59. The van der Waals surface area contributed by atoms with Crippen molar-refractivity contribution < 1.29 is 14.4 Å². The Morgan fingerprint density at radius 2 is 1.84 bits per heavy atom. The van der Waals surface area contributed by atoms with Gasteiger partial charge in [-0.2, -0.15) is 14.6 Å². The van der Waals surface area contributed by atoms with Crippen LogP contribution in [0.3, 0.4) is 0 Å². The summed E-state index contributed by atoms with van der Waals surface area (Å²) in [5.41, 5.74) is 2.98. The molecule has 0 aliphatic rings. The Kier molecular flexibility index (Phi) is 7.98. The molecule has 0 fully saturated rings. The zero-order valence-electron chi connectivity index (χ0n) is 23.8. The maximum atomic E-state index is 13.4. The molecule has 3 heterocycles. The molecule has 0 radical (unpaired) electrons. The molecule has 0 saturated carbocycles. The molecule has 0 unspecified atom stereocenters. The summed E-state index contributed by atoms with van der Waals surface area (Å²) >= 11 is 1.20. The van der Waals surface area contributed by atoms with Crippen molar-refractivity contribution in [1.29, 1.82) is 0 Å². The first-order valence-corrected chi connectivity index (χ1v) is 14.6. The van der Waals surface area contributed by atoms with Crippen LogP contribution in [-0.2, 0) is 0 Å². The monoisotopic (exact) mass is 606 g/mol. The van der Waals surface area contributed by atoms with Gasteiger partial charge in [-0.15, -0.1) is 5.10 Å². The molecule has 0 atom stereocenters. The highest BCUT2D eigenvalue weighted by Crippen LogP contribution is 2.29. The Bertz CT molecular complexity index is 2120. The molecule has 0 bridgehead atoms. The van der Waals surface area contributed by atoms with E-state index >= 15 is 0 Å². The van der Waals surface area contributed by atoms with Crippen molar-refractivity contribution in [3.63, 3.8) is 0 Å². The number of aromatic nitrogens is 5. The van der Waals surface area contributed by atoms with Gasteiger partial charge in [-0.05, 0) is 48.4 Å². The highest BCUT2D eigenvalue weighted by atomic mass is 32.1. The quantitative estimate of drug-likeness (QED) is 0.149. The maximum absolute atomic E-state index is 13.4. The van der Waals surface area contributed by atoms with Crippen molar-refractivity contribution in [1.82, 2.24) is 24.4 Å². The summed E-state index contributed by atoms with van der Waals surface area (Å²) < 4.78 is 14.5. The van der Waals surface area contributed by atoms with Crippen molar-refractivity contribution in [2.75, 3.05) is 13.7 Å². The molecule has 0 aliphatic carbocycles. The van der Waals surface area contributed by atoms with E-state index in [1.54, 1.807) is 42.3 Å². The number of nitro groups is 1. The summed E-state index contributed by atoms with van der Waals surface area (Å²) in [6, 6.07) is 21.4. The Morgan fingerprint density at radius 3 is 2.59 bits per heavy atom. The Morgan fingerprint density at radius 1 is 1.00 bits per heavy atom. The lowest BCUT2D eigenvalue weighted by Gasteiger charge is -2.10. The molecule has 44 heavy (non-hydrogen) atoms. The van der Waals surface area contributed by atoms with E-state index in [1.807, 2.05) is 61.5 Å². The van der Waals surface area contributed by atoms with Crippen LogP contribution < -0.4 is 19.6 Å². The molecule has 6 rings (SSSR count). The third-order valence-electron chi connectivity index (χ3n) is 6.65. The highest BCUT2D eigenvalue weighted by molar-refractivity contribution is 7.15. The van der Waals surface area contributed by atoms with Crippen LogP contribution in [0.4, 0.5) is 5.69 Å². The summed E-state index contributed by atoms with van der Waals surface area (Å²) in [5.74, 6) is 1.69. The first-order chi connectivity index (χ1) is 21.4. The molecule has 3 aromatic heterocycles. The van der Waals surface area contributed by atoms with E-state index in [1.165, 1.54) is 28.0 Å². The minimum atomic E-state index is -0.448. The van der Waals surface area contributed by atoms with E-state index in [4.69, 9.17) is 14.6 Å². The number of rotatable bonds is 10. The second-order valence-corrected chi connectivity index (χ2v) is 10.7. The zero-order valence-corrected chi connectivity index (χ0v) is 24.6. The summed E-state index contributed by atoms with van der Waals surface area (Å²) in [5, 5.41) is 20.6. The van der Waals surface area contributed by atoms with Crippen LogP contribution in [-0.4, -0.2) is 43.0 Å². The van der Waals surface area contributed by atoms with E-state index in [-0.39, 0.29) is 11.2 Å². The minimum absolute atomic E-state index is 0.0502. The summed E-state index contributed by atoms with van der Waals surface area (Å²) in [4.78, 5) is 29.3. The second-order valence-electron chi connectivity index (χ2n) is 9.69. The van der Waals surface area contributed by atoms with Gasteiger partial charge < -0.3 is 9.47 Å². The fourth-order valence-electron chi connectivity index (χ4n) is 4.55. The van der Waals surface area contributed by atoms with E-state index in [9.17, 15) is 14.9 Å². The van der Waals surface area contributed by atoms with Gasteiger partial charge in [0.05, 0.1) is 28.9 Å². The molecule has 0 saturated heterocycles. The average Bonchev–Trinajstić information content (AvgIpc) is 3.74. The number of non-ortho nitro benzene ring substituents is 1. The largest absolute Gasteiger partial charge is 0.493 e. The SMILES string of the molecule is CCCOc1ccc(/C=C/c2nc3s/c(=C\c4cn(-c5ccccc5)nc4-c4cccc([N+](=O)[O-])c4)c(=O)n3n2)cc1OC. The lowest BCUT2D eigenvalue weighted by Crippen LogP contribution is -2.23. The number of nitrogens with zero attached hydrogens (tertiary/aromatic N) is 6. The van der Waals surface area contributed by atoms with Crippen molar-refractivity contribution in [3.8, 4) is 28.4 Å². The number of ether oxygens (including phenoxy) is 2. The third-order valence-corrected chi connectivity index (χ3v) is 7.61. The predicted molar refractivity (Wildman–Crippen MR) is 169 cm³/mol. The number of para-hydroxylation sites is 1. The van der Waals surface area contributed by atoms with Crippen LogP contribution in [0.25, 0.3) is 40.1 Å². The van der Waals surface area contributed by atoms with Crippen LogP contribution in [0.2, 0.25) is 0 Å². The molecule has 0 spiro atoms. The first-order valence-electron chi connectivity index (χ1n) is 13.7. The Labute approximate surface area is 255 Å². The maximum Gasteiger partial charge on any atom is 0.291 e. The average molecular weight is 607 g/mol. The van der Waals surface area contributed by atoms with Crippen molar-refractivity contribution in [3.05, 3.63) is 121 Å². The highest BCUT2D eigenvalue weighted by Gasteiger charge is 2.16. The summed E-state index contributed by atoms with van der Waals surface area (Å²) in [6.07, 6.45) is 7.97. The standard InChI is InChI=1S/C32H26N6O5S/c1-3-16-43-26-14-12-21(17-27(26)42-2)13-15-29-33-32-37(34-29)31(39)28(44-32)19-23-20-36(24-9-5-4-6-10-24)35-30(23)22-8-7-11-25(18-22)38(40)41/h4-15,17-20H,3,16H2,1-2H3/b15-13+,28-19-. The normalized spacial score (nSPS) is 11.9. The lowest BCUT2D eigenvalue weighted by molar-refractivity contribution is -0.384. The number of benzene rings is 3. The van der Waals surface area contributed by atoms with Gasteiger partial charge in [-0.3, -0.25) is 14.9 Å². The number of hydrogen-bond donors (Lipinski definition) is 0. The van der Waals surface area contributed by atoms with Gasteiger partial charge in [-0.1, -0.05) is 60.7 Å². The third kappa shape index (κ3) is 5.83. The molecule has 3 aromatic carbocycles. The smallest absolute Gasteiger partial charge is 0.291 e. The number of fused-ring (bicyclic) bond motifs is 1. The predicted octanol–water partition coefficient (Wildman–Crippen LogP) is 5.43. The molecular weight excluding hydrogens is 580 g/mol.